The summed E-state index contributed by atoms with van der Waals surface area (Å²) in [6, 6.07) is 0. The smallest absolute Gasteiger partial charge is 0.177 e. The molecule has 0 amide bonds. The Bertz CT molecular complexity index is 307. The SMILES string of the molecule is COCCN(C)CCn1cc[nH]c1=S. The minimum absolute atomic E-state index is 0.773. The normalized spacial score (nSPS) is 11.1. The minimum atomic E-state index is 0.773. The van der Waals surface area contributed by atoms with E-state index in [2.05, 4.69) is 16.9 Å². The van der Waals surface area contributed by atoms with E-state index in [-0.39, 0.29) is 0 Å². The second-order valence-electron chi connectivity index (χ2n) is 3.25. The van der Waals surface area contributed by atoms with Gasteiger partial charge in [0.2, 0.25) is 0 Å². The predicted octanol–water partition coefficient (Wildman–Crippen LogP) is 1.12. The van der Waals surface area contributed by atoms with Gasteiger partial charge in [0.05, 0.1) is 6.61 Å². The van der Waals surface area contributed by atoms with Crippen LogP contribution in [0, 0.1) is 4.77 Å². The van der Waals surface area contributed by atoms with Crippen LogP contribution in [0.1, 0.15) is 0 Å². The molecule has 1 aromatic heterocycles. The third-order valence-corrected chi connectivity index (χ3v) is 2.47. The molecule has 1 aromatic rings. The number of aromatic nitrogens is 2. The molecule has 0 aliphatic rings. The molecule has 0 aromatic carbocycles. The molecular weight excluding hydrogens is 198 g/mol. The van der Waals surface area contributed by atoms with Gasteiger partial charge in [0.1, 0.15) is 0 Å². The lowest BCUT2D eigenvalue weighted by Crippen LogP contribution is -2.26. The number of hydrogen-bond acceptors (Lipinski definition) is 3. The molecule has 14 heavy (non-hydrogen) atoms. The van der Waals surface area contributed by atoms with Crippen molar-refractivity contribution in [3.8, 4) is 0 Å². The summed E-state index contributed by atoms with van der Waals surface area (Å²) in [4.78, 5) is 5.19. The number of nitrogens with zero attached hydrogens (tertiary/aromatic N) is 2. The summed E-state index contributed by atoms with van der Waals surface area (Å²) in [5.74, 6) is 0. The first-order chi connectivity index (χ1) is 6.74. The van der Waals surface area contributed by atoms with E-state index in [1.54, 1.807) is 7.11 Å². The summed E-state index contributed by atoms with van der Waals surface area (Å²) in [7, 11) is 3.80. The van der Waals surface area contributed by atoms with Crippen molar-refractivity contribution in [3.63, 3.8) is 0 Å². The average Bonchev–Trinajstić information content (AvgIpc) is 2.58. The van der Waals surface area contributed by atoms with Gasteiger partial charge in [-0.2, -0.15) is 0 Å². The van der Waals surface area contributed by atoms with E-state index in [9.17, 15) is 0 Å². The third-order valence-electron chi connectivity index (χ3n) is 2.12. The van der Waals surface area contributed by atoms with E-state index in [4.69, 9.17) is 17.0 Å². The Labute approximate surface area is 89.5 Å². The average molecular weight is 215 g/mol. The largest absolute Gasteiger partial charge is 0.383 e. The van der Waals surface area contributed by atoms with Crippen molar-refractivity contribution in [3.05, 3.63) is 17.2 Å². The number of aromatic amines is 1. The molecule has 0 aliphatic carbocycles. The first-order valence-corrected chi connectivity index (χ1v) is 5.06. The minimum Gasteiger partial charge on any atom is -0.383 e. The molecule has 4 nitrogen and oxygen atoms in total. The summed E-state index contributed by atoms with van der Waals surface area (Å²) in [5.41, 5.74) is 0. The van der Waals surface area contributed by atoms with Crippen LogP contribution < -0.4 is 0 Å². The van der Waals surface area contributed by atoms with Crippen LogP contribution in [0.2, 0.25) is 0 Å². The lowest BCUT2D eigenvalue weighted by Gasteiger charge is -2.15. The molecule has 5 heteroatoms. The molecule has 1 N–H and O–H groups in total. The van der Waals surface area contributed by atoms with Crippen molar-refractivity contribution in [2.45, 2.75) is 6.54 Å². The van der Waals surface area contributed by atoms with Crippen molar-refractivity contribution >= 4 is 12.2 Å². The zero-order valence-corrected chi connectivity index (χ0v) is 9.51. The van der Waals surface area contributed by atoms with Crippen molar-refractivity contribution in [1.29, 1.82) is 0 Å². The molecule has 80 valence electrons. The zero-order valence-electron chi connectivity index (χ0n) is 8.69. The Morgan fingerprint density at radius 2 is 2.36 bits per heavy atom. The molecule has 0 saturated heterocycles. The molecule has 0 aliphatic heterocycles. The topological polar surface area (TPSA) is 33.2 Å². The molecule has 0 fully saturated rings. The monoisotopic (exact) mass is 215 g/mol. The van der Waals surface area contributed by atoms with Crippen LogP contribution in [0.15, 0.2) is 12.4 Å². The number of likely N-dealkylation sites (N-methyl/N-ethyl adjacent to an activating group) is 1. The quantitative estimate of drug-likeness (QED) is 0.722. The van der Waals surface area contributed by atoms with E-state index < -0.39 is 0 Å². The number of H-pyrrole nitrogens is 1. The second-order valence-corrected chi connectivity index (χ2v) is 3.64. The van der Waals surface area contributed by atoms with Gasteiger partial charge >= 0.3 is 0 Å². The molecule has 0 unspecified atom stereocenters. The van der Waals surface area contributed by atoms with Gasteiger partial charge in [-0.3, -0.25) is 0 Å². The van der Waals surface area contributed by atoms with Gasteiger partial charge in [-0.25, -0.2) is 0 Å². The standard InChI is InChI=1S/C9H17N3OS/c1-11(7-8-13-2)5-6-12-4-3-10-9(12)14/h3-4H,5-8H2,1-2H3,(H,10,14). The molecule has 1 heterocycles. The van der Waals surface area contributed by atoms with E-state index in [1.807, 2.05) is 17.0 Å². The maximum absolute atomic E-state index is 5.09. The fraction of sp³-hybridized carbons (Fsp3) is 0.667. The number of rotatable bonds is 6. The van der Waals surface area contributed by atoms with Gasteiger partial charge in [0, 0.05) is 39.1 Å². The second kappa shape index (κ2) is 5.95. The van der Waals surface area contributed by atoms with E-state index in [1.165, 1.54) is 0 Å². The van der Waals surface area contributed by atoms with Crippen LogP contribution >= 0.6 is 12.2 Å². The van der Waals surface area contributed by atoms with Crippen LogP contribution in [-0.4, -0.2) is 48.3 Å². The molecular formula is C9H17N3OS. The molecule has 0 saturated carbocycles. The zero-order chi connectivity index (χ0) is 10.4. The highest BCUT2D eigenvalue weighted by Crippen LogP contribution is 1.92. The van der Waals surface area contributed by atoms with Gasteiger partial charge in [-0.1, -0.05) is 0 Å². The fourth-order valence-corrected chi connectivity index (χ4v) is 1.38. The summed E-state index contributed by atoms with van der Waals surface area (Å²) in [6.45, 7) is 3.63. The lowest BCUT2D eigenvalue weighted by molar-refractivity contribution is 0.159. The van der Waals surface area contributed by atoms with Crippen molar-refractivity contribution < 1.29 is 4.74 Å². The number of ether oxygens (including phenoxy) is 1. The van der Waals surface area contributed by atoms with Gasteiger partial charge in [-0.15, -0.1) is 0 Å². The molecule has 1 rings (SSSR count). The summed E-state index contributed by atoms with van der Waals surface area (Å²) < 4.78 is 7.81. The fourth-order valence-electron chi connectivity index (χ4n) is 1.16. The number of nitrogens with one attached hydrogen (secondary N) is 1. The molecule has 0 atom stereocenters. The Kier molecular flexibility index (Phi) is 4.86. The van der Waals surface area contributed by atoms with Crippen molar-refractivity contribution in [2.24, 2.45) is 0 Å². The maximum Gasteiger partial charge on any atom is 0.177 e. The summed E-state index contributed by atoms with van der Waals surface area (Å²) in [5, 5.41) is 0. The Balaban J connectivity index is 2.27. The van der Waals surface area contributed by atoms with Gasteiger partial charge in [0.25, 0.3) is 0 Å². The van der Waals surface area contributed by atoms with Gasteiger partial charge < -0.3 is 19.2 Å². The van der Waals surface area contributed by atoms with E-state index in [0.29, 0.717) is 0 Å². The lowest BCUT2D eigenvalue weighted by atomic mass is 10.5. The Morgan fingerprint density at radius 1 is 1.57 bits per heavy atom. The first-order valence-electron chi connectivity index (χ1n) is 4.65. The van der Waals surface area contributed by atoms with Crippen molar-refractivity contribution in [1.82, 2.24) is 14.5 Å². The van der Waals surface area contributed by atoms with Crippen LogP contribution in [0.4, 0.5) is 0 Å². The third kappa shape index (κ3) is 3.61. The number of imidazole rings is 1. The molecule has 0 bridgehead atoms. The van der Waals surface area contributed by atoms with Crippen LogP contribution in [0.3, 0.4) is 0 Å². The molecule has 0 radical (unpaired) electrons. The first kappa shape index (κ1) is 11.4. The Morgan fingerprint density at radius 3 is 2.93 bits per heavy atom. The van der Waals surface area contributed by atoms with Crippen LogP contribution in [0.25, 0.3) is 0 Å². The molecule has 0 spiro atoms. The summed E-state index contributed by atoms with van der Waals surface area (Å²) in [6.07, 6.45) is 3.82. The van der Waals surface area contributed by atoms with Crippen LogP contribution in [0.5, 0.6) is 0 Å². The van der Waals surface area contributed by atoms with E-state index in [0.717, 1.165) is 31.0 Å². The number of hydrogen-bond donors (Lipinski definition) is 1. The predicted molar refractivity (Wildman–Crippen MR) is 59.0 cm³/mol. The maximum atomic E-state index is 5.09. The highest BCUT2D eigenvalue weighted by molar-refractivity contribution is 7.71. The number of methoxy groups -OCH3 is 1. The highest BCUT2D eigenvalue weighted by Gasteiger charge is 1.98. The highest BCUT2D eigenvalue weighted by atomic mass is 32.1. The van der Waals surface area contributed by atoms with Crippen molar-refractivity contribution in [2.75, 3.05) is 33.9 Å². The Hall–Kier alpha value is -0.650. The van der Waals surface area contributed by atoms with Gasteiger partial charge in [-0.05, 0) is 19.3 Å². The van der Waals surface area contributed by atoms with Crippen LogP contribution in [-0.2, 0) is 11.3 Å². The summed E-state index contributed by atoms with van der Waals surface area (Å²) >= 11 is 5.09. The van der Waals surface area contributed by atoms with E-state index >= 15 is 0 Å². The van der Waals surface area contributed by atoms with Gasteiger partial charge in [0.15, 0.2) is 4.77 Å².